The Hall–Kier alpha value is -1.75. The SMILES string of the molecule is CS(=O)(=O)NC1CC2(CCN(C(=O)C3CCN(CC4CCOCC4)CC3)CC2)Oc2ccc(F)cc21. The molecule has 1 unspecified atom stereocenters. The Morgan fingerprint density at radius 1 is 1.11 bits per heavy atom. The lowest BCUT2D eigenvalue weighted by Crippen LogP contribution is -2.54. The van der Waals surface area contributed by atoms with Gasteiger partial charge in [0.15, 0.2) is 0 Å². The molecule has 3 fully saturated rings. The van der Waals surface area contributed by atoms with E-state index in [9.17, 15) is 17.6 Å². The first-order valence-electron chi connectivity index (χ1n) is 13.2. The first-order chi connectivity index (χ1) is 17.2. The molecule has 4 heterocycles. The summed E-state index contributed by atoms with van der Waals surface area (Å²) < 4.78 is 52.4. The fourth-order valence-electron chi connectivity index (χ4n) is 6.36. The fourth-order valence-corrected chi connectivity index (χ4v) is 7.09. The van der Waals surface area contributed by atoms with Crippen LogP contribution < -0.4 is 9.46 Å². The van der Waals surface area contributed by atoms with Gasteiger partial charge in [-0.05, 0) is 62.9 Å². The Balaban J connectivity index is 1.17. The zero-order valence-electron chi connectivity index (χ0n) is 21.1. The van der Waals surface area contributed by atoms with Gasteiger partial charge < -0.3 is 19.3 Å². The number of amides is 1. The third kappa shape index (κ3) is 6.03. The van der Waals surface area contributed by atoms with Gasteiger partial charge >= 0.3 is 0 Å². The van der Waals surface area contributed by atoms with Crippen LogP contribution in [-0.2, 0) is 19.6 Å². The predicted molar refractivity (Wildman–Crippen MR) is 134 cm³/mol. The lowest BCUT2D eigenvalue weighted by Gasteiger charge is -2.47. The highest BCUT2D eigenvalue weighted by Gasteiger charge is 2.45. The molecule has 0 saturated carbocycles. The summed E-state index contributed by atoms with van der Waals surface area (Å²) in [6.07, 6.45) is 6.86. The quantitative estimate of drug-likeness (QED) is 0.639. The van der Waals surface area contributed by atoms with Gasteiger partial charge in [0.1, 0.15) is 17.2 Å². The molecule has 200 valence electrons. The van der Waals surface area contributed by atoms with Gasteiger partial charge in [0.05, 0.1) is 12.3 Å². The molecule has 8 nitrogen and oxygen atoms in total. The Morgan fingerprint density at radius 3 is 2.47 bits per heavy atom. The van der Waals surface area contributed by atoms with Gasteiger partial charge in [-0.25, -0.2) is 17.5 Å². The topological polar surface area (TPSA) is 88.2 Å². The van der Waals surface area contributed by atoms with E-state index in [1.165, 1.54) is 12.1 Å². The van der Waals surface area contributed by atoms with Gasteiger partial charge in [0.25, 0.3) is 0 Å². The molecule has 36 heavy (non-hydrogen) atoms. The van der Waals surface area contributed by atoms with Crippen LogP contribution in [0.1, 0.15) is 56.6 Å². The summed E-state index contributed by atoms with van der Waals surface area (Å²) in [7, 11) is -3.49. The van der Waals surface area contributed by atoms with Gasteiger partial charge in [0, 0.05) is 63.6 Å². The average Bonchev–Trinajstić information content (AvgIpc) is 2.85. The van der Waals surface area contributed by atoms with Crippen molar-refractivity contribution in [1.82, 2.24) is 14.5 Å². The minimum Gasteiger partial charge on any atom is -0.487 e. The maximum Gasteiger partial charge on any atom is 0.225 e. The number of fused-ring (bicyclic) bond motifs is 1. The monoisotopic (exact) mass is 523 g/mol. The highest BCUT2D eigenvalue weighted by atomic mass is 32.2. The van der Waals surface area contributed by atoms with E-state index in [4.69, 9.17) is 9.47 Å². The van der Waals surface area contributed by atoms with Gasteiger partial charge in [-0.3, -0.25) is 4.79 Å². The van der Waals surface area contributed by atoms with E-state index in [0.29, 0.717) is 49.6 Å². The summed E-state index contributed by atoms with van der Waals surface area (Å²) in [6.45, 7) is 5.97. The number of piperidine rings is 2. The van der Waals surface area contributed by atoms with Crippen LogP contribution in [0, 0.1) is 17.7 Å². The average molecular weight is 524 g/mol. The summed E-state index contributed by atoms with van der Waals surface area (Å²) in [5, 5.41) is 0. The zero-order valence-corrected chi connectivity index (χ0v) is 21.9. The van der Waals surface area contributed by atoms with Crippen molar-refractivity contribution in [1.29, 1.82) is 0 Å². The van der Waals surface area contributed by atoms with Gasteiger partial charge in [-0.2, -0.15) is 0 Å². The molecular formula is C26H38FN3O5S. The molecule has 1 N–H and O–H groups in total. The van der Waals surface area contributed by atoms with Crippen molar-refractivity contribution in [3.8, 4) is 5.75 Å². The second-order valence-electron chi connectivity index (χ2n) is 11.1. The van der Waals surface area contributed by atoms with E-state index in [0.717, 1.165) is 64.8 Å². The summed E-state index contributed by atoms with van der Waals surface area (Å²) in [4.78, 5) is 17.8. The number of sulfonamides is 1. The first kappa shape index (κ1) is 25.9. The zero-order chi connectivity index (χ0) is 25.3. The molecule has 1 aromatic carbocycles. The number of rotatable bonds is 5. The molecule has 1 amide bonds. The number of carbonyl (C=O) groups is 1. The number of nitrogens with zero attached hydrogens (tertiary/aromatic N) is 2. The van der Waals surface area contributed by atoms with Crippen molar-refractivity contribution in [2.75, 3.05) is 52.2 Å². The van der Waals surface area contributed by atoms with Crippen LogP contribution in [0.5, 0.6) is 5.75 Å². The van der Waals surface area contributed by atoms with Gasteiger partial charge in [0.2, 0.25) is 15.9 Å². The lowest BCUT2D eigenvalue weighted by molar-refractivity contribution is -0.141. The van der Waals surface area contributed by atoms with E-state index >= 15 is 0 Å². The normalized spacial score (nSPS) is 25.9. The summed E-state index contributed by atoms with van der Waals surface area (Å²) in [5.74, 6) is 1.11. The third-order valence-corrected chi connectivity index (χ3v) is 9.10. The van der Waals surface area contributed by atoms with Crippen molar-refractivity contribution in [2.24, 2.45) is 11.8 Å². The van der Waals surface area contributed by atoms with E-state index < -0.39 is 27.5 Å². The molecule has 1 atom stereocenters. The maximum absolute atomic E-state index is 13.9. The van der Waals surface area contributed by atoms with E-state index in [2.05, 4.69) is 9.62 Å². The first-order valence-corrected chi connectivity index (χ1v) is 15.1. The highest BCUT2D eigenvalue weighted by molar-refractivity contribution is 7.88. The molecule has 4 aliphatic heterocycles. The van der Waals surface area contributed by atoms with Crippen molar-refractivity contribution >= 4 is 15.9 Å². The van der Waals surface area contributed by atoms with Crippen molar-refractivity contribution in [3.63, 3.8) is 0 Å². The van der Waals surface area contributed by atoms with Crippen molar-refractivity contribution in [2.45, 2.75) is 56.6 Å². The number of hydrogen-bond acceptors (Lipinski definition) is 6. The van der Waals surface area contributed by atoms with Crippen LogP contribution >= 0.6 is 0 Å². The molecule has 0 aromatic heterocycles. The lowest BCUT2D eigenvalue weighted by atomic mass is 9.80. The van der Waals surface area contributed by atoms with E-state index in [1.54, 1.807) is 6.07 Å². The van der Waals surface area contributed by atoms with E-state index in [1.807, 2.05) is 4.90 Å². The highest BCUT2D eigenvalue weighted by Crippen LogP contribution is 2.45. The molecule has 3 saturated heterocycles. The Morgan fingerprint density at radius 2 is 1.81 bits per heavy atom. The molecule has 1 aromatic rings. The van der Waals surface area contributed by atoms with Crippen LogP contribution in [0.25, 0.3) is 0 Å². The standard InChI is InChI=1S/C26H38FN3O5S/c1-36(32,33)28-23-17-26(35-24-3-2-21(27)16-22(23)24)8-12-30(13-9-26)25(31)20-4-10-29(11-5-20)18-19-6-14-34-15-7-19/h2-3,16,19-20,23,28H,4-15,17-18H2,1H3. The summed E-state index contributed by atoms with van der Waals surface area (Å²) in [5.41, 5.74) is -0.0473. The second kappa shape index (κ2) is 10.6. The van der Waals surface area contributed by atoms with Crippen LogP contribution in [0.3, 0.4) is 0 Å². The molecular weight excluding hydrogens is 485 g/mol. The fraction of sp³-hybridized carbons (Fsp3) is 0.731. The minimum atomic E-state index is -3.49. The number of nitrogens with one attached hydrogen (secondary N) is 1. The molecule has 5 rings (SSSR count). The largest absolute Gasteiger partial charge is 0.487 e. The maximum atomic E-state index is 13.9. The van der Waals surface area contributed by atoms with Gasteiger partial charge in [-0.15, -0.1) is 0 Å². The van der Waals surface area contributed by atoms with E-state index in [-0.39, 0.29) is 11.8 Å². The molecule has 4 aliphatic rings. The third-order valence-electron chi connectivity index (χ3n) is 8.39. The molecule has 0 radical (unpaired) electrons. The molecule has 10 heteroatoms. The Labute approximate surface area is 213 Å². The number of likely N-dealkylation sites (tertiary alicyclic amines) is 2. The van der Waals surface area contributed by atoms with Crippen LogP contribution in [-0.4, -0.2) is 81.9 Å². The van der Waals surface area contributed by atoms with Gasteiger partial charge in [-0.1, -0.05) is 0 Å². The number of benzene rings is 1. The van der Waals surface area contributed by atoms with Crippen molar-refractivity contribution in [3.05, 3.63) is 29.6 Å². The van der Waals surface area contributed by atoms with Crippen LogP contribution in [0.15, 0.2) is 18.2 Å². The number of carbonyl (C=O) groups excluding carboxylic acids is 1. The molecule has 1 spiro atoms. The number of hydrogen-bond donors (Lipinski definition) is 1. The van der Waals surface area contributed by atoms with Crippen molar-refractivity contribution < 1.29 is 27.1 Å². The summed E-state index contributed by atoms with van der Waals surface area (Å²) >= 11 is 0. The minimum absolute atomic E-state index is 0.0700. The Bertz CT molecular complexity index is 1050. The Kier molecular flexibility index (Phi) is 7.59. The summed E-state index contributed by atoms with van der Waals surface area (Å²) in [6, 6.07) is 3.70. The predicted octanol–water partition coefficient (Wildman–Crippen LogP) is 2.70. The molecule has 0 bridgehead atoms. The number of halogens is 1. The second-order valence-corrected chi connectivity index (χ2v) is 12.8. The van der Waals surface area contributed by atoms with Crippen LogP contribution in [0.2, 0.25) is 0 Å². The smallest absolute Gasteiger partial charge is 0.225 e. The number of ether oxygens (including phenoxy) is 2. The molecule has 0 aliphatic carbocycles. The van der Waals surface area contributed by atoms with Crippen LogP contribution in [0.4, 0.5) is 4.39 Å².